The third-order valence-electron chi connectivity index (χ3n) is 12.6. The first-order valence-electron chi connectivity index (χ1n) is 13.7. The molecule has 0 saturated heterocycles. The molecule has 0 aromatic rings. The summed E-state index contributed by atoms with van der Waals surface area (Å²) in [6, 6.07) is 0. The third kappa shape index (κ3) is 3.18. The maximum Gasteiger partial charge on any atom is 0.0490 e. The predicted molar refractivity (Wildman–Crippen MR) is 133 cm³/mol. The van der Waals surface area contributed by atoms with Gasteiger partial charge in [0.2, 0.25) is 0 Å². The molecule has 0 bridgehead atoms. The predicted octanol–water partition coefficient (Wildman–Crippen LogP) is 8.42. The highest BCUT2D eigenvalue weighted by atomic mass is 16.3. The zero-order chi connectivity index (χ0) is 22.7. The number of hydrogen-bond acceptors (Lipinski definition) is 1. The Balaban J connectivity index is 0.000000730. The summed E-state index contributed by atoms with van der Waals surface area (Å²) in [5, 5.41) is 10.4. The van der Waals surface area contributed by atoms with Crippen LogP contribution in [0.4, 0.5) is 0 Å². The number of hydrogen-bond donors (Lipinski definition) is 1. The first-order chi connectivity index (χ1) is 14.5. The number of aliphatic hydroxyl groups is 1. The fraction of sp³-hybridized carbons (Fsp3) is 0.933. The highest BCUT2D eigenvalue weighted by Gasteiger charge is 2.69. The van der Waals surface area contributed by atoms with Gasteiger partial charge in [0, 0.05) is 6.61 Å². The van der Waals surface area contributed by atoms with E-state index < -0.39 is 0 Å². The van der Waals surface area contributed by atoms with E-state index in [1.165, 1.54) is 77.0 Å². The minimum Gasteiger partial charge on any atom is -0.396 e. The van der Waals surface area contributed by atoms with Gasteiger partial charge in [0.25, 0.3) is 0 Å². The van der Waals surface area contributed by atoms with Crippen LogP contribution < -0.4 is 0 Å². The lowest BCUT2D eigenvalue weighted by molar-refractivity contribution is -0.236. The van der Waals surface area contributed by atoms with Crippen molar-refractivity contribution in [2.45, 2.75) is 119 Å². The molecule has 1 N–H and O–H groups in total. The summed E-state index contributed by atoms with van der Waals surface area (Å²) in [5.41, 5.74) is 2.40. The topological polar surface area (TPSA) is 20.2 Å². The summed E-state index contributed by atoms with van der Waals surface area (Å²) in [7, 11) is 0. The second kappa shape index (κ2) is 7.89. The van der Waals surface area contributed by atoms with Crippen LogP contribution >= 0.6 is 0 Å². The van der Waals surface area contributed by atoms with Gasteiger partial charge < -0.3 is 5.11 Å². The average Bonchev–Trinajstić information content (AvgIpc) is 3.13. The Hall–Kier alpha value is -0.300. The molecule has 1 heteroatoms. The van der Waals surface area contributed by atoms with Gasteiger partial charge in [-0.1, -0.05) is 53.5 Å². The minimum absolute atomic E-state index is 0.293. The van der Waals surface area contributed by atoms with Gasteiger partial charge in [0.1, 0.15) is 0 Å². The molecular formula is C30H52O. The molecule has 0 heterocycles. The van der Waals surface area contributed by atoms with E-state index in [0.29, 0.717) is 33.7 Å². The van der Waals surface area contributed by atoms with Crippen molar-refractivity contribution in [2.75, 3.05) is 6.61 Å². The largest absolute Gasteiger partial charge is 0.396 e. The van der Waals surface area contributed by atoms with Crippen LogP contribution in [0, 0.1) is 50.7 Å². The molecule has 0 aromatic heterocycles. The summed E-state index contributed by atoms with van der Waals surface area (Å²) in [5.74, 6) is 3.53. The van der Waals surface area contributed by atoms with Crippen LogP contribution in [0.3, 0.4) is 0 Å². The zero-order valence-corrected chi connectivity index (χ0v) is 21.7. The number of aliphatic hydroxyl groups excluding tert-OH is 1. The van der Waals surface area contributed by atoms with Crippen LogP contribution in [-0.4, -0.2) is 11.7 Å². The molecule has 5 aliphatic carbocycles. The molecule has 5 aliphatic rings. The highest BCUT2D eigenvalue weighted by molar-refractivity contribution is 5.17. The normalized spacial score (nSPS) is 52.5. The van der Waals surface area contributed by atoms with E-state index in [9.17, 15) is 5.11 Å². The van der Waals surface area contributed by atoms with E-state index in [1.807, 2.05) is 6.92 Å². The fourth-order valence-corrected chi connectivity index (χ4v) is 11.1. The van der Waals surface area contributed by atoms with E-state index in [1.54, 1.807) is 6.08 Å². The third-order valence-corrected chi connectivity index (χ3v) is 12.6. The van der Waals surface area contributed by atoms with Crippen LogP contribution in [-0.2, 0) is 0 Å². The lowest BCUT2D eigenvalue weighted by Gasteiger charge is -2.72. The molecule has 8 atom stereocenters. The molecule has 0 spiro atoms. The Kier molecular flexibility index (Phi) is 6.07. The Morgan fingerprint density at radius 3 is 2.13 bits per heavy atom. The molecule has 0 aliphatic heterocycles. The fourth-order valence-electron chi connectivity index (χ4n) is 11.1. The molecule has 0 amide bonds. The van der Waals surface area contributed by atoms with E-state index in [2.05, 4.69) is 41.2 Å². The minimum atomic E-state index is 0.293. The van der Waals surface area contributed by atoms with Crippen LogP contribution in [0.25, 0.3) is 0 Å². The first-order valence-corrected chi connectivity index (χ1v) is 13.7. The van der Waals surface area contributed by atoms with Gasteiger partial charge in [0.05, 0.1) is 0 Å². The first kappa shape index (κ1) is 23.8. The molecule has 31 heavy (non-hydrogen) atoms. The summed E-state index contributed by atoms with van der Waals surface area (Å²) >= 11 is 0. The Morgan fingerprint density at radius 1 is 0.742 bits per heavy atom. The van der Waals surface area contributed by atoms with Gasteiger partial charge >= 0.3 is 0 Å². The molecule has 178 valence electrons. The van der Waals surface area contributed by atoms with E-state index in [-0.39, 0.29) is 0 Å². The quantitative estimate of drug-likeness (QED) is 0.415. The van der Waals surface area contributed by atoms with Crippen molar-refractivity contribution in [3.8, 4) is 0 Å². The van der Waals surface area contributed by atoms with Crippen molar-refractivity contribution in [3.63, 3.8) is 0 Å². The van der Waals surface area contributed by atoms with Gasteiger partial charge in [-0.25, -0.2) is 0 Å². The maximum atomic E-state index is 10.4. The van der Waals surface area contributed by atoms with Gasteiger partial charge in [-0.3, -0.25) is 0 Å². The summed E-state index contributed by atoms with van der Waals surface area (Å²) in [6.45, 7) is 19.1. The molecule has 5 fully saturated rings. The maximum absolute atomic E-state index is 10.4. The highest BCUT2D eigenvalue weighted by Crippen LogP contribution is 2.76. The molecule has 1 nitrogen and oxygen atoms in total. The van der Waals surface area contributed by atoms with Gasteiger partial charge in [-0.05, 0) is 122 Å². The van der Waals surface area contributed by atoms with Crippen molar-refractivity contribution in [2.24, 2.45) is 50.7 Å². The van der Waals surface area contributed by atoms with Gasteiger partial charge in [0.15, 0.2) is 0 Å². The lowest BCUT2D eigenvalue weighted by Crippen LogP contribution is -2.65. The van der Waals surface area contributed by atoms with Crippen molar-refractivity contribution in [1.29, 1.82) is 0 Å². The van der Waals surface area contributed by atoms with E-state index in [0.717, 1.165) is 23.7 Å². The van der Waals surface area contributed by atoms with Crippen LogP contribution in [0.1, 0.15) is 119 Å². The Bertz CT molecular complexity index is 680. The van der Waals surface area contributed by atoms with E-state index >= 15 is 0 Å². The number of allylic oxidation sites excluding steroid dienone is 1. The van der Waals surface area contributed by atoms with Crippen molar-refractivity contribution in [3.05, 3.63) is 12.7 Å². The number of rotatable bonds is 1. The smallest absolute Gasteiger partial charge is 0.0490 e. The summed E-state index contributed by atoms with van der Waals surface area (Å²) in [4.78, 5) is 0. The van der Waals surface area contributed by atoms with Crippen LogP contribution in [0.2, 0.25) is 0 Å². The molecular weight excluding hydrogens is 376 g/mol. The summed E-state index contributed by atoms with van der Waals surface area (Å²) < 4.78 is 0. The Labute approximate surface area is 193 Å². The molecule has 5 rings (SSSR count). The van der Waals surface area contributed by atoms with Crippen molar-refractivity contribution < 1.29 is 5.11 Å². The van der Waals surface area contributed by atoms with Gasteiger partial charge in [-0.2, -0.15) is 0 Å². The second-order valence-electron chi connectivity index (χ2n) is 13.9. The number of fused-ring (bicyclic) bond motifs is 7. The average molecular weight is 429 g/mol. The molecule has 0 aromatic carbocycles. The van der Waals surface area contributed by atoms with Crippen molar-refractivity contribution in [1.82, 2.24) is 0 Å². The zero-order valence-electron chi connectivity index (χ0n) is 21.7. The van der Waals surface area contributed by atoms with Crippen LogP contribution in [0.15, 0.2) is 12.7 Å². The van der Waals surface area contributed by atoms with E-state index in [4.69, 9.17) is 0 Å². The molecule has 5 saturated carbocycles. The molecule has 4 unspecified atom stereocenters. The lowest BCUT2D eigenvalue weighted by atomic mass is 9.32. The SMILES string of the molecule is C=CC.CC1(C)CCC[C@@]2(C)C1CC[C@]1(C)C2CCC2C3CCC[C@]3(CO)CC[C@]21C. The molecule has 0 radical (unpaired) electrons. The Morgan fingerprint density at radius 2 is 1.45 bits per heavy atom. The second-order valence-corrected chi connectivity index (χ2v) is 13.9. The summed E-state index contributed by atoms with van der Waals surface area (Å²) in [6.07, 6.45) is 18.7. The monoisotopic (exact) mass is 428 g/mol. The van der Waals surface area contributed by atoms with Gasteiger partial charge in [-0.15, -0.1) is 6.58 Å². The van der Waals surface area contributed by atoms with Crippen molar-refractivity contribution >= 4 is 0 Å². The standard InChI is InChI=1S/C27H46O.C3H6/c1-23(2)12-7-13-24(3)21(23)11-15-26(5)22(24)10-9-19-20-8-6-14-27(20,18-28)17-16-25(19,26)4;1-3-2/h19-22,28H,6-18H2,1-5H3;3H,1H2,2H3/t19?,20?,21?,22?,24-,25+,26+,27+;/m0./s1. The van der Waals surface area contributed by atoms with Crippen LogP contribution in [0.5, 0.6) is 0 Å².